The molecule has 0 spiro atoms. The van der Waals surface area contributed by atoms with E-state index < -0.39 is 0 Å². The minimum Gasteiger partial charge on any atom is -0.358 e. The van der Waals surface area contributed by atoms with Crippen LogP contribution in [0.4, 0.5) is 5.69 Å². The summed E-state index contributed by atoms with van der Waals surface area (Å²) in [7, 11) is 1.54. The molecule has 3 aromatic rings. The quantitative estimate of drug-likeness (QED) is 0.764. The summed E-state index contributed by atoms with van der Waals surface area (Å²) in [5.41, 5.74) is 1.81. The zero-order chi connectivity index (χ0) is 18.5. The molecule has 3 rings (SSSR count). The third kappa shape index (κ3) is 3.61. The number of rotatable bonds is 5. The predicted octanol–water partition coefficient (Wildman–Crippen LogP) is 1.97. The molecule has 0 radical (unpaired) electrons. The van der Waals surface area contributed by atoms with Crippen LogP contribution in [0.3, 0.4) is 0 Å². The summed E-state index contributed by atoms with van der Waals surface area (Å²) >= 11 is 0. The van der Waals surface area contributed by atoms with Crippen LogP contribution in [-0.4, -0.2) is 40.2 Å². The number of aryl methyl sites for hydroxylation is 1. The van der Waals surface area contributed by atoms with Crippen molar-refractivity contribution in [2.75, 3.05) is 18.5 Å². The molecule has 7 nitrogen and oxygen atoms in total. The molecular weight excluding hydrogens is 330 g/mol. The minimum absolute atomic E-state index is 0.0894. The number of likely N-dealkylation sites (N-methyl/N-ethyl adjacent to an activating group) is 1. The van der Waals surface area contributed by atoms with Gasteiger partial charge in [0, 0.05) is 25.1 Å². The standard InChI is InChI=1S/C19H19N5O2/c1-14-7-3-4-9-16(14)23(13-18(25)20-2)19(26)15-8-5-10-17(22-15)24-12-6-11-21-24/h3-12H,13H2,1-2H3,(H,20,25). The van der Waals surface area contributed by atoms with Crippen molar-refractivity contribution in [2.24, 2.45) is 0 Å². The molecule has 0 aliphatic rings. The highest BCUT2D eigenvalue weighted by atomic mass is 16.2. The number of pyridine rings is 1. The zero-order valence-electron chi connectivity index (χ0n) is 14.6. The van der Waals surface area contributed by atoms with E-state index in [2.05, 4.69) is 15.4 Å². The van der Waals surface area contributed by atoms with E-state index in [1.807, 2.05) is 31.2 Å². The molecule has 1 N–H and O–H groups in total. The van der Waals surface area contributed by atoms with Gasteiger partial charge in [-0.25, -0.2) is 9.67 Å². The van der Waals surface area contributed by atoms with Gasteiger partial charge in [0.25, 0.3) is 5.91 Å². The average molecular weight is 349 g/mol. The summed E-state index contributed by atoms with van der Waals surface area (Å²) in [6.07, 6.45) is 3.39. The molecule has 26 heavy (non-hydrogen) atoms. The molecule has 1 aromatic carbocycles. The van der Waals surface area contributed by atoms with Crippen LogP contribution in [0.25, 0.3) is 5.82 Å². The van der Waals surface area contributed by atoms with Crippen molar-refractivity contribution in [2.45, 2.75) is 6.92 Å². The van der Waals surface area contributed by atoms with Crippen LogP contribution in [0.15, 0.2) is 60.9 Å². The molecule has 0 aliphatic carbocycles. The molecule has 2 aromatic heterocycles. The van der Waals surface area contributed by atoms with Gasteiger partial charge in [-0.1, -0.05) is 24.3 Å². The maximum absolute atomic E-state index is 13.1. The highest BCUT2D eigenvalue weighted by molar-refractivity contribution is 6.08. The lowest BCUT2D eigenvalue weighted by molar-refractivity contribution is -0.119. The lowest BCUT2D eigenvalue weighted by Crippen LogP contribution is -2.40. The van der Waals surface area contributed by atoms with E-state index in [1.54, 1.807) is 48.4 Å². The first-order valence-electron chi connectivity index (χ1n) is 8.15. The van der Waals surface area contributed by atoms with Gasteiger partial charge in [0.1, 0.15) is 12.2 Å². The highest BCUT2D eigenvalue weighted by Crippen LogP contribution is 2.21. The fraction of sp³-hybridized carbons (Fsp3) is 0.158. The van der Waals surface area contributed by atoms with Crippen molar-refractivity contribution in [3.05, 3.63) is 72.2 Å². The first-order valence-corrected chi connectivity index (χ1v) is 8.15. The number of para-hydroxylation sites is 1. The van der Waals surface area contributed by atoms with Gasteiger partial charge in [0.2, 0.25) is 5.91 Å². The Labute approximate surface area is 151 Å². The Morgan fingerprint density at radius 1 is 1.12 bits per heavy atom. The van der Waals surface area contributed by atoms with E-state index in [-0.39, 0.29) is 24.1 Å². The molecule has 2 heterocycles. The van der Waals surface area contributed by atoms with Gasteiger partial charge in [-0.15, -0.1) is 0 Å². The summed E-state index contributed by atoms with van der Waals surface area (Å²) in [5.74, 6) is -0.0766. The molecule has 0 fully saturated rings. The number of benzene rings is 1. The number of hydrogen-bond acceptors (Lipinski definition) is 4. The fourth-order valence-electron chi connectivity index (χ4n) is 2.57. The summed E-state index contributed by atoms with van der Waals surface area (Å²) < 4.78 is 1.58. The highest BCUT2D eigenvalue weighted by Gasteiger charge is 2.23. The second-order valence-corrected chi connectivity index (χ2v) is 5.68. The van der Waals surface area contributed by atoms with Crippen LogP contribution >= 0.6 is 0 Å². The molecule has 0 saturated carbocycles. The number of amides is 2. The Morgan fingerprint density at radius 2 is 1.92 bits per heavy atom. The fourth-order valence-corrected chi connectivity index (χ4v) is 2.57. The SMILES string of the molecule is CNC(=O)CN(C(=O)c1cccc(-n2cccn2)n1)c1ccccc1C. The second kappa shape index (κ2) is 7.60. The van der Waals surface area contributed by atoms with Gasteiger partial charge in [-0.2, -0.15) is 5.10 Å². The van der Waals surface area contributed by atoms with Gasteiger partial charge in [-0.3, -0.25) is 14.5 Å². The number of nitrogens with one attached hydrogen (secondary N) is 1. The van der Waals surface area contributed by atoms with Crippen LogP contribution in [-0.2, 0) is 4.79 Å². The van der Waals surface area contributed by atoms with Gasteiger partial charge in [-0.05, 0) is 36.8 Å². The topological polar surface area (TPSA) is 80.1 Å². The molecular formula is C19H19N5O2. The van der Waals surface area contributed by atoms with E-state index >= 15 is 0 Å². The molecule has 2 amide bonds. The van der Waals surface area contributed by atoms with E-state index in [9.17, 15) is 9.59 Å². The molecule has 0 bridgehead atoms. The third-order valence-electron chi connectivity index (χ3n) is 3.92. The number of carbonyl (C=O) groups is 2. The molecule has 0 atom stereocenters. The van der Waals surface area contributed by atoms with Gasteiger partial charge in [0.05, 0.1) is 0 Å². The second-order valence-electron chi connectivity index (χ2n) is 5.68. The van der Waals surface area contributed by atoms with Crippen LogP contribution in [0.5, 0.6) is 0 Å². The lowest BCUT2D eigenvalue weighted by atomic mass is 10.1. The monoisotopic (exact) mass is 349 g/mol. The van der Waals surface area contributed by atoms with Crippen LogP contribution < -0.4 is 10.2 Å². The number of carbonyl (C=O) groups excluding carboxylic acids is 2. The largest absolute Gasteiger partial charge is 0.358 e. The minimum atomic E-state index is -0.350. The first-order chi connectivity index (χ1) is 12.6. The van der Waals surface area contributed by atoms with Crippen molar-refractivity contribution in [3.63, 3.8) is 0 Å². The van der Waals surface area contributed by atoms with Crippen LogP contribution in [0.1, 0.15) is 16.1 Å². The van der Waals surface area contributed by atoms with Crippen molar-refractivity contribution < 1.29 is 9.59 Å². The Kier molecular flexibility index (Phi) is 5.07. The molecule has 0 unspecified atom stereocenters. The first kappa shape index (κ1) is 17.3. The maximum Gasteiger partial charge on any atom is 0.277 e. The number of nitrogens with zero attached hydrogens (tertiary/aromatic N) is 4. The Bertz CT molecular complexity index is 921. The van der Waals surface area contributed by atoms with Gasteiger partial charge >= 0.3 is 0 Å². The van der Waals surface area contributed by atoms with Crippen molar-refractivity contribution >= 4 is 17.5 Å². The molecule has 0 aliphatic heterocycles. The molecule has 0 saturated heterocycles. The van der Waals surface area contributed by atoms with E-state index in [0.717, 1.165) is 5.56 Å². The third-order valence-corrected chi connectivity index (χ3v) is 3.92. The normalized spacial score (nSPS) is 10.4. The van der Waals surface area contributed by atoms with Crippen LogP contribution in [0, 0.1) is 6.92 Å². The van der Waals surface area contributed by atoms with E-state index in [1.165, 1.54) is 4.90 Å². The van der Waals surface area contributed by atoms with Crippen molar-refractivity contribution in [1.82, 2.24) is 20.1 Å². The zero-order valence-corrected chi connectivity index (χ0v) is 14.6. The summed E-state index contributed by atoms with van der Waals surface area (Å²) in [6, 6.07) is 14.3. The molecule has 132 valence electrons. The smallest absolute Gasteiger partial charge is 0.277 e. The van der Waals surface area contributed by atoms with Crippen LogP contribution in [0.2, 0.25) is 0 Å². The Hall–Kier alpha value is -3.48. The number of hydrogen-bond donors (Lipinski definition) is 1. The molecule has 7 heteroatoms. The Morgan fingerprint density at radius 3 is 2.62 bits per heavy atom. The van der Waals surface area contributed by atoms with Crippen molar-refractivity contribution in [1.29, 1.82) is 0 Å². The lowest BCUT2D eigenvalue weighted by Gasteiger charge is -2.23. The summed E-state index contributed by atoms with van der Waals surface area (Å²) in [5, 5.41) is 6.69. The van der Waals surface area contributed by atoms with Gasteiger partial charge in [0.15, 0.2) is 5.82 Å². The van der Waals surface area contributed by atoms with Crippen molar-refractivity contribution in [3.8, 4) is 5.82 Å². The number of aromatic nitrogens is 3. The summed E-state index contributed by atoms with van der Waals surface area (Å²) in [4.78, 5) is 30.9. The summed E-state index contributed by atoms with van der Waals surface area (Å²) in [6.45, 7) is 1.81. The maximum atomic E-state index is 13.1. The van der Waals surface area contributed by atoms with E-state index in [4.69, 9.17) is 0 Å². The number of anilines is 1. The van der Waals surface area contributed by atoms with E-state index in [0.29, 0.717) is 11.5 Å². The Balaban J connectivity index is 1.99. The predicted molar refractivity (Wildman–Crippen MR) is 98.3 cm³/mol. The average Bonchev–Trinajstić information content (AvgIpc) is 3.21. The van der Waals surface area contributed by atoms with Gasteiger partial charge < -0.3 is 5.32 Å².